The quantitative estimate of drug-likeness (QED) is 0.826. The van der Waals surface area contributed by atoms with Gasteiger partial charge in [0, 0.05) is 12.5 Å². The third-order valence-electron chi connectivity index (χ3n) is 3.70. The second kappa shape index (κ2) is 6.04. The summed E-state index contributed by atoms with van der Waals surface area (Å²) >= 11 is 0. The smallest absolute Gasteiger partial charge is 0.471 e. The van der Waals surface area contributed by atoms with Crippen molar-refractivity contribution in [3.05, 3.63) is 29.7 Å². The molecule has 1 amide bonds. The van der Waals surface area contributed by atoms with Crippen LogP contribution in [-0.4, -0.2) is 33.2 Å². The molecule has 1 saturated heterocycles. The van der Waals surface area contributed by atoms with Gasteiger partial charge in [0.1, 0.15) is 17.7 Å². The van der Waals surface area contributed by atoms with Crippen LogP contribution in [0.25, 0.3) is 11.4 Å². The molecule has 1 aromatic carbocycles. The molecule has 1 atom stereocenters. The van der Waals surface area contributed by atoms with E-state index in [0.717, 1.165) is 0 Å². The van der Waals surface area contributed by atoms with Crippen molar-refractivity contribution in [1.82, 2.24) is 10.1 Å². The molecule has 2 heterocycles. The maximum Gasteiger partial charge on any atom is 0.471 e. The van der Waals surface area contributed by atoms with Crippen LogP contribution in [0.4, 0.5) is 27.6 Å². The first-order valence-electron chi connectivity index (χ1n) is 7.04. The van der Waals surface area contributed by atoms with Gasteiger partial charge in [0.25, 0.3) is 0 Å². The third-order valence-corrected chi connectivity index (χ3v) is 3.70. The summed E-state index contributed by atoms with van der Waals surface area (Å²) in [4.78, 5) is 26.5. The highest BCUT2D eigenvalue weighted by atomic mass is 19.4. The number of carboxylic acid groups (broad SMARTS) is 1. The molecule has 0 unspecified atom stereocenters. The maximum atomic E-state index is 14.4. The van der Waals surface area contributed by atoms with Crippen molar-refractivity contribution in [2.24, 2.45) is 0 Å². The average molecular weight is 377 g/mol. The minimum Gasteiger partial charge on any atom is -0.480 e. The van der Waals surface area contributed by atoms with Gasteiger partial charge in [0.05, 0.1) is 11.3 Å². The number of hydrogen-bond donors (Lipinski definition) is 1. The number of rotatable bonds is 3. The van der Waals surface area contributed by atoms with Crippen LogP contribution in [0.15, 0.2) is 16.7 Å². The van der Waals surface area contributed by atoms with Gasteiger partial charge in [0.2, 0.25) is 11.7 Å². The summed E-state index contributed by atoms with van der Waals surface area (Å²) in [6, 6.07) is -0.391. The lowest BCUT2D eigenvalue weighted by molar-refractivity contribution is -0.159. The molecular weight excluding hydrogens is 369 g/mol. The largest absolute Gasteiger partial charge is 0.480 e. The highest BCUT2D eigenvalue weighted by molar-refractivity contribution is 6.02. The van der Waals surface area contributed by atoms with Crippen molar-refractivity contribution in [2.75, 3.05) is 4.90 Å². The number of aromatic nitrogens is 2. The summed E-state index contributed by atoms with van der Waals surface area (Å²) < 4.78 is 70.0. The van der Waals surface area contributed by atoms with Crippen LogP contribution in [0.5, 0.6) is 0 Å². The lowest BCUT2D eigenvalue weighted by Gasteiger charge is -2.22. The fourth-order valence-corrected chi connectivity index (χ4v) is 2.56. The monoisotopic (exact) mass is 377 g/mol. The number of alkyl halides is 3. The highest BCUT2D eigenvalue weighted by Crippen LogP contribution is 2.34. The number of carbonyl (C=O) groups is 2. The summed E-state index contributed by atoms with van der Waals surface area (Å²) in [5, 5.41) is 12.0. The van der Waals surface area contributed by atoms with Gasteiger partial charge >= 0.3 is 18.0 Å². The molecule has 0 spiro atoms. The Bertz CT molecular complexity index is 895. The molecule has 0 bridgehead atoms. The van der Waals surface area contributed by atoms with Crippen molar-refractivity contribution < 1.29 is 41.2 Å². The van der Waals surface area contributed by atoms with Crippen LogP contribution in [-0.2, 0) is 15.8 Å². The second-order valence-electron chi connectivity index (χ2n) is 5.36. The van der Waals surface area contributed by atoms with Gasteiger partial charge in [-0.15, -0.1) is 0 Å². The first kappa shape index (κ1) is 17.8. The van der Waals surface area contributed by atoms with Gasteiger partial charge in [-0.3, -0.25) is 9.69 Å². The molecule has 0 aliphatic carbocycles. The normalized spacial score (nSPS) is 17.8. The van der Waals surface area contributed by atoms with E-state index in [2.05, 4.69) is 14.7 Å². The number of benzene rings is 1. The summed E-state index contributed by atoms with van der Waals surface area (Å²) in [5.74, 6) is -7.17. The van der Waals surface area contributed by atoms with E-state index in [4.69, 9.17) is 5.11 Å². The number of nitrogens with zero attached hydrogens (tertiary/aromatic N) is 3. The van der Waals surface area contributed by atoms with Crippen molar-refractivity contribution in [3.8, 4) is 11.4 Å². The molecular formula is C14H8F5N3O4. The molecule has 1 aliphatic heterocycles. The maximum absolute atomic E-state index is 14.4. The van der Waals surface area contributed by atoms with Gasteiger partial charge in [-0.05, 0) is 12.5 Å². The van der Waals surface area contributed by atoms with Crippen LogP contribution < -0.4 is 4.90 Å². The number of anilines is 1. The van der Waals surface area contributed by atoms with E-state index in [1.54, 1.807) is 0 Å². The van der Waals surface area contributed by atoms with E-state index in [1.807, 2.05) is 0 Å². The lowest BCUT2D eigenvalue weighted by atomic mass is 10.1. The number of hydrogen-bond acceptors (Lipinski definition) is 5. The zero-order chi connectivity index (χ0) is 19.2. The minimum atomic E-state index is -4.96. The predicted octanol–water partition coefficient (Wildman–Crippen LogP) is 2.61. The summed E-state index contributed by atoms with van der Waals surface area (Å²) in [6.07, 6.45) is -5.22. The Morgan fingerprint density at radius 3 is 2.54 bits per heavy atom. The van der Waals surface area contributed by atoms with Crippen LogP contribution in [0.1, 0.15) is 18.7 Å². The zero-order valence-corrected chi connectivity index (χ0v) is 12.5. The minimum absolute atomic E-state index is 0.0865. The van der Waals surface area contributed by atoms with Gasteiger partial charge in [-0.1, -0.05) is 5.16 Å². The molecule has 138 valence electrons. The van der Waals surface area contributed by atoms with Crippen LogP contribution >= 0.6 is 0 Å². The van der Waals surface area contributed by atoms with Crippen LogP contribution in [0, 0.1) is 11.6 Å². The Hall–Kier alpha value is -3.05. The second-order valence-corrected chi connectivity index (χ2v) is 5.36. The van der Waals surface area contributed by atoms with Gasteiger partial charge < -0.3 is 9.63 Å². The number of carbonyl (C=O) groups excluding carboxylic acids is 1. The fourth-order valence-electron chi connectivity index (χ4n) is 2.56. The molecule has 0 saturated carbocycles. The molecule has 7 nitrogen and oxygen atoms in total. The molecule has 26 heavy (non-hydrogen) atoms. The number of amides is 1. The average Bonchev–Trinajstić information content (AvgIpc) is 3.15. The SMILES string of the molecule is O=C(O)[C@@H]1CCC(=O)N1c1cc(F)c(-c2noc(C(F)(F)F)n2)cc1F. The molecule has 1 fully saturated rings. The Balaban J connectivity index is 2.03. The van der Waals surface area contributed by atoms with E-state index in [0.29, 0.717) is 17.0 Å². The fraction of sp³-hybridized carbons (Fsp3) is 0.286. The zero-order valence-electron chi connectivity index (χ0n) is 12.5. The van der Waals surface area contributed by atoms with E-state index in [1.165, 1.54) is 0 Å². The van der Waals surface area contributed by atoms with Crippen LogP contribution in [0.2, 0.25) is 0 Å². The predicted molar refractivity (Wildman–Crippen MR) is 72.8 cm³/mol. The van der Waals surface area contributed by atoms with Crippen LogP contribution in [0.3, 0.4) is 0 Å². The van der Waals surface area contributed by atoms with E-state index >= 15 is 0 Å². The van der Waals surface area contributed by atoms with E-state index in [9.17, 15) is 31.5 Å². The third kappa shape index (κ3) is 2.97. The molecule has 1 N–H and O–H groups in total. The molecule has 12 heteroatoms. The molecule has 2 aromatic rings. The van der Waals surface area contributed by atoms with Crippen molar-refractivity contribution in [2.45, 2.75) is 25.1 Å². The number of carboxylic acids is 1. The summed E-state index contributed by atoms with van der Waals surface area (Å²) in [7, 11) is 0. The highest BCUT2D eigenvalue weighted by Gasteiger charge is 2.40. The van der Waals surface area contributed by atoms with Crippen molar-refractivity contribution >= 4 is 17.6 Å². The summed E-state index contributed by atoms with van der Waals surface area (Å²) in [6.45, 7) is 0. The number of aliphatic carboxylic acids is 1. The Kier molecular flexibility index (Phi) is 4.12. The van der Waals surface area contributed by atoms with Crippen molar-refractivity contribution in [1.29, 1.82) is 0 Å². The Morgan fingerprint density at radius 1 is 1.27 bits per heavy atom. The lowest BCUT2D eigenvalue weighted by Crippen LogP contribution is -2.39. The molecule has 1 aromatic heterocycles. The standard InChI is InChI=1S/C14H8F5N3O4/c15-6-4-9(22-8(12(24)25)1-2-10(22)23)7(16)3-5(6)11-20-13(26-21-11)14(17,18)19/h3-4,8H,1-2H2,(H,24,25)/t8-/m0/s1. The van der Waals surface area contributed by atoms with Gasteiger partial charge in [0.15, 0.2) is 0 Å². The first-order valence-corrected chi connectivity index (χ1v) is 7.04. The number of halogens is 5. The molecule has 0 radical (unpaired) electrons. The molecule has 3 rings (SSSR count). The van der Waals surface area contributed by atoms with Gasteiger partial charge in [-0.2, -0.15) is 18.2 Å². The van der Waals surface area contributed by atoms with Crippen molar-refractivity contribution in [3.63, 3.8) is 0 Å². The molecule has 1 aliphatic rings. The topological polar surface area (TPSA) is 96.5 Å². The Morgan fingerprint density at radius 2 is 1.96 bits per heavy atom. The Labute approximate surface area is 141 Å². The summed E-state index contributed by atoms with van der Waals surface area (Å²) in [5.41, 5.74) is -1.37. The first-order chi connectivity index (χ1) is 12.1. The van der Waals surface area contributed by atoms with E-state index < -0.39 is 58.7 Å². The van der Waals surface area contributed by atoms with E-state index in [-0.39, 0.29) is 12.8 Å². The van der Waals surface area contributed by atoms with Gasteiger partial charge in [-0.25, -0.2) is 13.6 Å².